The summed E-state index contributed by atoms with van der Waals surface area (Å²) in [5, 5.41) is 3.52. The fourth-order valence-electron chi connectivity index (χ4n) is 2.44. The van der Waals surface area contributed by atoms with Gasteiger partial charge in [-0.1, -0.05) is 42.5 Å². The molecular weight excluding hydrogens is 310 g/mol. The molecule has 136 valence electrons. The Kier molecular flexibility index (Phi) is 7.03. The average molecular weight is 341 g/mol. The lowest BCUT2D eigenvalue weighted by atomic mass is 10.1. The van der Waals surface area contributed by atoms with Crippen LogP contribution < -0.4 is 10.1 Å². The second kappa shape index (κ2) is 9.02. The summed E-state index contributed by atoms with van der Waals surface area (Å²) in [6.07, 6.45) is -0.0145. The molecular formula is C22H31NO2. The van der Waals surface area contributed by atoms with E-state index in [2.05, 4.69) is 58.1 Å². The molecule has 1 N–H and O–H groups in total. The third-order valence-corrected chi connectivity index (χ3v) is 4.17. The Morgan fingerprint density at radius 3 is 2.36 bits per heavy atom. The molecule has 0 fully saturated rings. The molecule has 0 spiro atoms. The molecule has 3 heteroatoms. The smallest absolute Gasteiger partial charge is 0.122 e. The Morgan fingerprint density at radius 1 is 0.960 bits per heavy atom. The van der Waals surface area contributed by atoms with Crippen LogP contribution in [0.25, 0.3) is 0 Å². The highest BCUT2D eigenvalue weighted by atomic mass is 16.5. The van der Waals surface area contributed by atoms with Crippen LogP contribution in [0, 0.1) is 13.8 Å². The van der Waals surface area contributed by atoms with E-state index in [1.807, 2.05) is 30.3 Å². The number of nitrogens with one attached hydrogen (secondary N) is 1. The van der Waals surface area contributed by atoms with Gasteiger partial charge in [0.1, 0.15) is 18.5 Å². The third kappa shape index (κ3) is 6.89. The number of hydrogen-bond donors (Lipinski definition) is 1. The lowest BCUT2D eigenvalue weighted by Gasteiger charge is -2.26. The van der Waals surface area contributed by atoms with Gasteiger partial charge in [0.15, 0.2) is 0 Å². The summed E-state index contributed by atoms with van der Waals surface area (Å²) < 4.78 is 12.2. The molecule has 0 aliphatic rings. The van der Waals surface area contributed by atoms with Gasteiger partial charge in [0.25, 0.3) is 0 Å². The first-order valence-corrected chi connectivity index (χ1v) is 8.95. The predicted molar refractivity (Wildman–Crippen MR) is 104 cm³/mol. The first-order chi connectivity index (χ1) is 11.8. The van der Waals surface area contributed by atoms with Crippen molar-refractivity contribution in [3.05, 3.63) is 65.2 Å². The van der Waals surface area contributed by atoms with Crippen molar-refractivity contribution in [3.8, 4) is 5.75 Å². The van der Waals surface area contributed by atoms with Crippen molar-refractivity contribution >= 4 is 0 Å². The number of benzene rings is 2. The van der Waals surface area contributed by atoms with Gasteiger partial charge < -0.3 is 14.8 Å². The van der Waals surface area contributed by atoms with E-state index < -0.39 is 0 Å². The minimum Gasteiger partial charge on any atom is -0.491 e. The summed E-state index contributed by atoms with van der Waals surface area (Å²) in [6, 6.07) is 16.4. The van der Waals surface area contributed by atoms with E-state index in [0.717, 1.165) is 12.3 Å². The van der Waals surface area contributed by atoms with E-state index in [1.165, 1.54) is 16.7 Å². The summed E-state index contributed by atoms with van der Waals surface area (Å²) in [4.78, 5) is 0. The maximum atomic E-state index is 6.13. The lowest BCUT2D eigenvalue weighted by molar-refractivity contribution is 0.00687. The van der Waals surface area contributed by atoms with Gasteiger partial charge in [-0.3, -0.25) is 0 Å². The van der Waals surface area contributed by atoms with Crippen LogP contribution in [0.4, 0.5) is 0 Å². The minimum absolute atomic E-state index is 0.0145. The molecule has 0 bridgehead atoms. The van der Waals surface area contributed by atoms with E-state index in [-0.39, 0.29) is 11.6 Å². The van der Waals surface area contributed by atoms with E-state index >= 15 is 0 Å². The molecule has 2 rings (SSSR count). The van der Waals surface area contributed by atoms with Gasteiger partial charge in [0, 0.05) is 12.1 Å². The standard InChI is InChI=1S/C22H31NO2/c1-17-10-9-13-21(18(17)2)25-16-20(14-23-22(3,4)5)24-15-19-11-7-6-8-12-19/h6-13,20,23H,14-16H2,1-5H3. The van der Waals surface area contributed by atoms with Crippen molar-refractivity contribution in [1.82, 2.24) is 5.32 Å². The van der Waals surface area contributed by atoms with Crippen LogP contribution in [0.15, 0.2) is 48.5 Å². The Bertz CT molecular complexity index is 647. The first-order valence-electron chi connectivity index (χ1n) is 8.95. The van der Waals surface area contributed by atoms with Crippen LogP contribution in [-0.2, 0) is 11.3 Å². The van der Waals surface area contributed by atoms with E-state index in [0.29, 0.717) is 13.2 Å². The molecule has 0 saturated heterocycles. The highest BCUT2D eigenvalue weighted by molar-refractivity contribution is 5.38. The van der Waals surface area contributed by atoms with Crippen LogP contribution in [-0.4, -0.2) is 24.8 Å². The number of rotatable bonds is 8. The molecule has 1 unspecified atom stereocenters. The second-order valence-electron chi connectivity index (χ2n) is 7.56. The molecule has 0 amide bonds. The predicted octanol–water partition coefficient (Wildman–Crippen LogP) is 4.66. The summed E-state index contributed by atoms with van der Waals surface area (Å²) in [5.74, 6) is 0.934. The van der Waals surface area contributed by atoms with Crippen LogP contribution >= 0.6 is 0 Å². The first kappa shape index (κ1) is 19.5. The molecule has 0 aromatic heterocycles. The maximum Gasteiger partial charge on any atom is 0.122 e. The Labute approximate surface area is 152 Å². The van der Waals surface area contributed by atoms with Crippen LogP contribution in [0.2, 0.25) is 0 Å². The zero-order valence-corrected chi connectivity index (χ0v) is 16.1. The monoisotopic (exact) mass is 341 g/mol. The zero-order chi connectivity index (χ0) is 18.3. The molecule has 25 heavy (non-hydrogen) atoms. The maximum absolute atomic E-state index is 6.13. The molecule has 0 aliphatic carbocycles. The van der Waals surface area contributed by atoms with Crippen molar-refractivity contribution in [1.29, 1.82) is 0 Å². The largest absolute Gasteiger partial charge is 0.491 e. The molecule has 0 aliphatic heterocycles. The van der Waals surface area contributed by atoms with E-state index in [4.69, 9.17) is 9.47 Å². The Hall–Kier alpha value is -1.84. The van der Waals surface area contributed by atoms with Crippen LogP contribution in [0.1, 0.15) is 37.5 Å². The van der Waals surface area contributed by atoms with Gasteiger partial charge in [-0.05, 0) is 57.4 Å². The minimum atomic E-state index is -0.0145. The van der Waals surface area contributed by atoms with Gasteiger partial charge in [0.2, 0.25) is 0 Å². The Morgan fingerprint density at radius 2 is 1.68 bits per heavy atom. The molecule has 0 radical (unpaired) electrons. The molecule has 0 heterocycles. The van der Waals surface area contributed by atoms with Gasteiger partial charge in [0.05, 0.1) is 6.61 Å². The fourth-order valence-corrected chi connectivity index (χ4v) is 2.44. The quantitative estimate of drug-likeness (QED) is 0.758. The summed E-state index contributed by atoms with van der Waals surface area (Å²) in [7, 11) is 0. The second-order valence-corrected chi connectivity index (χ2v) is 7.56. The number of aryl methyl sites for hydroxylation is 1. The molecule has 2 aromatic carbocycles. The summed E-state index contributed by atoms with van der Waals surface area (Å²) in [5.41, 5.74) is 3.66. The number of ether oxygens (including phenoxy) is 2. The van der Waals surface area contributed by atoms with Gasteiger partial charge >= 0.3 is 0 Å². The Balaban J connectivity index is 1.96. The van der Waals surface area contributed by atoms with Crippen LogP contribution in [0.5, 0.6) is 5.75 Å². The van der Waals surface area contributed by atoms with Gasteiger partial charge in [-0.2, -0.15) is 0 Å². The number of hydrogen-bond acceptors (Lipinski definition) is 3. The molecule has 1 atom stereocenters. The van der Waals surface area contributed by atoms with Crippen molar-refractivity contribution in [2.24, 2.45) is 0 Å². The van der Waals surface area contributed by atoms with E-state index in [9.17, 15) is 0 Å². The van der Waals surface area contributed by atoms with Crippen molar-refractivity contribution in [2.45, 2.75) is 52.9 Å². The van der Waals surface area contributed by atoms with Crippen molar-refractivity contribution in [3.63, 3.8) is 0 Å². The molecule has 3 nitrogen and oxygen atoms in total. The van der Waals surface area contributed by atoms with Crippen LogP contribution in [0.3, 0.4) is 0 Å². The highest BCUT2D eigenvalue weighted by Crippen LogP contribution is 2.21. The third-order valence-electron chi connectivity index (χ3n) is 4.17. The molecule has 0 saturated carbocycles. The van der Waals surface area contributed by atoms with E-state index in [1.54, 1.807) is 0 Å². The topological polar surface area (TPSA) is 30.5 Å². The fraction of sp³-hybridized carbons (Fsp3) is 0.455. The van der Waals surface area contributed by atoms with Crippen molar-refractivity contribution < 1.29 is 9.47 Å². The molecule has 2 aromatic rings. The van der Waals surface area contributed by atoms with Crippen molar-refractivity contribution in [2.75, 3.05) is 13.2 Å². The van der Waals surface area contributed by atoms with Gasteiger partial charge in [-0.15, -0.1) is 0 Å². The summed E-state index contributed by atoms with van der Waals surface area (Å²) >= 11 is 0. The average Bonchev–Trinajstić information content (AvgIpc) is 2.57. The SMILES string of the molecule is Cc1cccc(OCC(CNC(C)(C)C)OCc2ccccc2)c1C. The zero-order valence-electron chi connectivity index (χ0n) is 16.1. The normalized spacial score (nSPS) is 12.8. The summed E-state index contributed by atoms with van der Waals surface area (Å²) in [6.45, 7) is 12.5. The lowest BCUT2D eigenvalue weighted by Crippen LogP contribution is -2.43. The highest BCUT2D eigenvalue weighted by Gasteiger charge is 2.16. The van der Waals surface area contributed by atoms with Gasteiger partial charge in [-0.25, -0.2) is 0 Å².